The Balaban J connectivity index is 0.00000156. The number of hydrogen-bond donors (Lipinski definition) is 0. The van der Waals surface area contributed by atoms with E-state index in [4.69, 9.17) is 0 Å². The summed E-state index contributed by atoms with van der Waals surface area (Å²) >= 11 is 0. The van der Waals surface area contributed by atoms with Gasteiger partial charge >= 0.3 is 0 Å². The summed E-state index contributed by atoms with van der Waals surface area (Å²) in [6.45, 7) is 3.08. The van der Waals surface area contributed by atoms with Gasteiger partial charge in [0.1, 0.15) is 0 Å². The highest BCUT2D eigenvalue weighted by Crippen LogP contribution is 2.27. The van der Waals surface area contributed by atoms with Crippen LogP contribution in [0.3, 0.4) is 0 Å². The van der Waals surface area contributed by atoms with E-state index >= 15 is 0 Å². The van der Waals surface area contributed by atoms with Crippen molar-refractivity contribution >= 4 is 30.7 Å². The third-order valence-corrected chi connectivity index (χ3v) is 4.89. The largest absolute Gasteiger partial charge is 0.338 e. The minimum Gasteiger partial charge on any atom is -0.338 e. The Morgan fingerprint density at radius 2 is 2.00 bits per heavy atom. The molecule has 0 N–H and O–H groups in total. The van der Waals surface area contributed by atoms with Crippen molar-refractivity contribution in [3.05, 3.63) is 54.6 Å². The summed E-state index contributed by atoms with van der Waals surface area (Å²) in [6.07, 6.45) is 10.5. The molecule has 6 heteroatoms. The molecular weight excluding hydrogens is 357 g/mol. The van der Waals surface area contributed by atoms with Crippen LogP contribution in [0.4, 0.5) is 0 Å². The van der Waals surface area contributed by atoms with Crippen molar-refractivity contribution in [1.29, 1.82) is 0 Å². The Morgan fingerprint density at radius 1 is 1.24 bits per heavy atom. The average Bonchev–Trinajstić information content (AvgIpc) is 3.14. The minimum absolute atomic E-state index is 0. The van der Waals surface area contributed by atoms with E-state index in [-0.39, 0.29) is 42.8 Å². The lowest BCUT2D eigenvalue weighted by molar-refractivity contribution is -0.135. The number of amides is 1. The standard InChI is InChI=1S/C19H25N3O.2ClH/c1-16(21-14-12-20-15-21)18-9-5-6-13-22(18)19(23)11-10-17-7-3-2-4-8-17;;/h2-4,7-8,12,14-16,18H,5-6,9-11,13H2,1H3;2*1H. The maximum Gasteiger partial charge on any atom is 0.223 e. The first-order valence-corrected chi connectivity index (χ1v) is 8.56. The average molecular weight is 384 g/mol. The van der Waals surface area contributed by atoms with E-state index in [1.807, 2.05) is 30.7 Å². The first kappa shape index (κ1) is 21.5. The molecule has 1 fully saturated rings. The quantitative estimate of drug-likeness (QED) is 0.771. The Hall–Kier alpha value is -1.52. The molecule has 1 saturated heterocycles. The van der Waals surface area contributed by atoms with E-state index in [2.05, 4.69) is 33.5 Å². The Kier molecular flexibility index (Phi) is 9.01. The van der Waals surface area contributed by atoms with E-state index in [0.29, 0.717) is 6.42 Å². The van der Waals surface area contributed by atoms with Gasteiger partial charge in [-0.3, -0.25) is 4.79 Å². The molecule has 3 rings (SSSR count). The van der Waals surface area contributed by atoms with E-state index in [0.717, 1.165) is 25.8 Å². The lowest BCUT2D eigenvalue weighted by Crippen LogP contribution is -2.47. The second kappa shape index (κ2) is 10.5. The van der Waals surface area contributed by atoms with Crippen molar-refractivity contribution in [3.63, 3.8) is 0 Å². The number of hydrogen-bond acceptors (Lipinski definition) is 2. The van der Waals surface area contributed by atoms with Crippen LogP contribution in [-0.4, -0.2) is 32.9 Å². The number of carbonyl (C=O) groups is 1. The number of nitrogens with zero attached hydrogens (tertiary/aromatic N) is 3. The molecule has 2 aromatic rings. The van der Waals surface area contributed by atoms with Gasteiger partial charge in [0.05, 0.1) is 18.4 Å². The van der Waals surface area contributed by atoms with Gasteiger partial charge in [0.15, 0.2) is 0 Å². The third kappa shape index (κ3) is 5.48. The van der Waals surface area contributed by atoms with Gasteiger partial charge in [-0.1, -0.05) is 30.3 Å². The van der Waals surface area contributed by atoms with Crippen molar-refractivity contribution in [3.8, 4) is 0 Å². The number of carbonyl (C=O) groups excluding carboxylic acids is 1. The highest BCUT2D eigenvalue weighted by atomic mass is 35.5. The molecule has 25 heavy (non-hydrogen) atoms. The van der Waals surface area contributed by atoms with Gasteiger partial charge in [-0.05, 0) is 38.2 Å². The summed E-state index contributed by atoms with van der Waals surface area (Å²) in [6, 6.07) is 10.8. The zero-order chi connectivity index (χ0) is 16.1. The molecule has 0 bridgehead atoms. The van der Waals surface area contributed by atoms with E-state index in [1.54, 1.807) is 6.20 Å². The monoisotopic (exact) mass is 383 g/mol. The van der Waals surface area contributed by atoms with Gasteiger partial charge in [0, 0.05) is 25.4 Å². The van der Waals surface area contributed by atoms with Crippen molar-refractivity contribution in [2.75, 3.05) is 6.54 Å². The summed E-state index contributed by atoms with van der Waals surface area (Å²) in [5, 5.41) is 0. The van der Waals surface area contributed by atoms with Crippen molar-refractivity contribution in [2.24, 2.45) is 0 Å². The van der Waals surface area contributed by atoms with E-state index in [1.165, 1.54) is 12.0 Å². The van der Waals surface area contributed by atoms with Gasteiger partial charge < -0.3 is 9.47 Å². The molecule has 138 valence electrons. The van der Waals surface area contributed by atoms with Gasteiger partial charge in [0.2, 0.25) is 5.91 Å². The summed E-state index contributed by atoms with van der Waals surface area (Å²) < 4.78 is 2.12. The van der Waals surface area contributed by atoms with Gasteiger partial charge in [-0.2, -0.15) is 0 Å². The van der Waals surface area contributed by atoms with Gasteiger partial charge in [0.25, 0.3) is 0 Å². The van der Waals surface area contributed by atoms with E-state index in [9.17, 15) is 4.79 Å². The normalized spacial score (nSPS) is 18.0. The van der Waals surface area contributed by atoms with Gasteiger partial charge in [-0.15, -0.1) is 24.8 Å². The highest BCUT2D eigenvalue weighted by Gasteiger charge is 2.31. The predicted molar refractivity (Wildman–Crippen MR) is 106 cm³/mol. The Labute approximate surface area is 162 Å². The van der Waals surface area contributed by atoms with Crippen molar-refractivity contribution in [2.45, 2.75) is 51.1 Å². The fourth-order valence-electron chi connectivity index (χ4n) is 3.52. The number of benzene rings is 1. The molecule has 1 aromatic heterocycles. The molecule has 1 aromatic carbocycles. The highest BCUT2D eigenvalue weighted by molar-refractivity contribution is 5.85. The van der Waals surface area contributed by atoms with Crippen molar-refractivity contribution in [1.82, 2.24) is 14.5 Å². The SMILES string of the molecule is CC(C1CCCCN1C(=O)CCc1ccccc1)n1ccnc1.Cl.Cl. The van der Waals surface area contributed by atoms with Crippen LogP contribution in [-0.2, 0) is 11.2 Å². The molecule has 4 nitrogen and oxygen atoms in total. The Morgan fingerprint density at radius 3 is 2.68 bits per heavy atom. The third-order valence-electron chi connectivity index (χ3n) is 4.89. The van der Waals surface area contributed by atoms with Crippen LogP contribution in [0.15, 0.2) is 49.1 Å². The molecule has 2 heterocycles. The number of halogens is 2. The Bertz CT molecular complexity index is 619. The van der Waals surface area contributed by atoms with Crippen LogP contribution in [0, 0.1) is 0 Å². The van der Waals surface area contributed by atoms with Crippen LogP contribution < -0.4 is 0 Å². The second-order valence-electron chi connectivity index (χ2n) is 6.39. The smallest absolute Gasteiger partial charge is 0.223 e. The molecule has 1 aliphatic rings. The van der Waals surface area contributed by atoms with Crippen LogP contribution >= 0.6 is 24.8 Å². The van der Waals surface area contributed by atoms with Gasteiger partial charge in [-0.25, -0.2) is 4.98 Å². The first-order chi connectivity index (χ1) is 11.3. The van der Waals surface area contributed by atoms with Crippen molar-refractivity contribution < 1.29 is 4.79 Å². The fourth-order valence-corrected chi connectivity index (χ4v) is 3.52. The van der Waals surface area contributed by atoms with Crippen LogP contribution in [0.2, 0.25) is 0 Å². The summed E-state index contributed by atoms with van der Waals surface area (Å²) in [7, 11) is 0. The maximum absolute atomic E-state index is 12.8. The van der Waals surface area contributed by atoms with Crippen LogP contribution in [0.1, 0.15) is 44.2 Å². The summed E-state index contributed by atoms with van der Waals surface area (Å²) in [5.41, 5.74) is 1.23. The zero-order valence-corrected chi connectivity index (χ0v) is 16.2. The molecule has 2 unspecified atom stereocenters. The summed E-state index contributed by atoms with van der Waals surface area (Å²) in [4.78, 5) is 19.0. The first-order valence-electron chi connectivity index (χ1n) is 8.56. The lowest BCUT2D eigenvalue weighted by atomic mass is 9.95. The number of rotatable bonds is 5. The van der Waals surface area contributed by atoms with E-state index < -0.39 is 0 Å². The molecule has 0 saturated carbocycles. The number of aromatic nitrogens is 2. The summed E-state index contributed by atoms with van der Waals surface area (Å²) in [5.74, 6) is 0.283. The molecule has 0 radical (unpaired) electrons. The number of likely N-dealkylation sites (tertiary alicyclic amines) is 1. The van der Waals surface area contributed by atoms with Crippen LogP contribution in [0.5, 0.6) is 0 Å². The number of aryl methyl sites for hydroxylation is 1. The fraction of sp³-hybridized carbons (Fsp3) is 0.474. The molecule has 2 atom stereocenters. The zero-order valence-electron chi connectivity index (χ0n) is 14.6. The molecule has 1 aliphatic heterocycles. The maximum atomic E-state index is 12.8. The number of imidazole rings is 1. The lowest BCUT2D eigenvalue weighted by Gasteiger charge is -2.39. The molecular formula is C19H27Cl2N3O. The minimum atomic E-state index is 0. The second-order valence-corrected chi connectivity index (χ2v) is 6.39. The van der Waals surface area contributed by atoms with Crippen LogP contribution in [0.25, 0.3) is 0 Å². The number of piperidine rings is 1. The molecule has 0 aliphatic carbocycles. The topological polar surface area (TPSA) is 38.1 Å². The molecule has 1 amide bonds. The predicted octanol–water partition coefficient (Wildman–Crippen LogP) is 4.30. The molecule has 0 spiro atoms.